The predicted octanol–water partition coefficient (Wildman–Crippen LogP) is 3.26. The van der Waals surface area contributed by atoms with Gasteiger partial charge in [-0.15, -0.1) is 0 Å². The highest BCUT2D eigenvalue weighted by molar-refractivity contribution is 8.00. The first-order chi connectivity index (χ1) is 11.1. The van der Waals surface area contributed by atoms with Crippen LogP contribution in [0.4, 0.5) is 4.79 Å². The van der Waals surface area contributed by atoms with Crippen LogP contribution in [0.25, 0.3) is 0 Å². The molecule has 0 radical (unpaired) electrons. The number of furan rings is 1. The highest BCUT2D eigenvalue weighted by Gasteiger charge is 2.31. The van der Waals surface area contributed by atoms with Gasteiger partial charge in [-0.25, -0.2) is 4.79 Å². The molecule has 2 amide bonds. The molecule has 3 heterocycles. The van der Waals surface area contributed by atoms with E-state index in [1.807, 2.05) is 28.8 Å². The molecule has 128 valence electrons. The molecular weight excluding hydrogens is 312 g/mol. The zero-order chi connectivity index (χ0) is 16.1. The second kappa shape index (κ2) is 7.62. The summed E-state index contributed by atoms with van der Waals surface area (Å²) in [6.07, 6.45) is 6.30. The number of amides is 2. The lowest BCUT2D eigenvalue weighted by molar-refractivity contribution is 0.0776. The summed E-state index contributed by atoms with van der Waals surface area (Å²) in [5, 5.41) is 3.12. The number of hydrogen-bond acceptors (Lipinski definition) is 4. The van der Waals surface area contributed by atoms with Crippen LogP contribution in [0.1, 0.15) is 38.4 Å². The number of hydrogen-bond donors (Lipinski definition) is 1. The van der Waals surface area contributed by atoms with Crippen LogP contribution < -0.4 is 5.32 Å². The molecule has 2 aliphatic rings. The number of ether oxygens (including phenoxy) is 1. The van der Waals surface area contributed by atoms with Crippen molar-refractivity contribution < 1.29 is 13.9 Å². The minimum atomic E-state index is -0.0226. The molecule has 1 aromatic heterocycles. The van der Waals surface area contributed by atoms with Crippen molar-refractivity contribution in [3.63, 3.8) is 0 Å². The van der Waals surface area contributed by atoms with E-state index in [1.165, 1.54) is 18.6 Å². The van der Waals surface area contributed by atoms with Gasteiger partial charge in [-0.3, -0.25) is 0 Å². The van der Waals surface area contributed by atoms with Crippen molar-refractivity contribution in [2.45, 2.75) is 50.0 Å². The Morgan fingerprint density at radius 1 is 1.52 bits per heavy atom. The Morgan fingerprint density at radius 2 is 2.43 bits per heavy atom. The van der Waals surface area contributed by atoms with E-state index in [9.17, 15) is 4.79 Å². The summed E-state index contributed by atoms with van der Waals surface area (Å²) in [5.74, 6) is 2.00. The molecule has 0 unspecified atom stereocenters. The summed E-state index contributed by atoms with van der Waals surface area (Å²) in [7, 11) is 0. The standard InChI is InChI=1S/C17H26N2O3S/c1-17(7-4-10-23-17)13-18-16(20)19(11-14-5-2-8-21-14)12-15-6-3-9-22-15/h2,5,8,15H,3-4,6-7,9-13H2,1H3,(H,18,20)/t15-,17+/m1/s1. The van der Waals surface area contributed by atoms with Crippen LogP contribution in [0.15, 0.2) is 22.8 Å². The van der Waals surface area contributed by atoms with Gasteiger partial charge >= 0.3 is 6.03 Å². The van der Waals surface area contributed by atoms with Gasteiger partial charge in [-0.05, 0) is 50.5 Å². The predicted molar refractivity (Wildman–Crippen MR) is 91.6 cm³/mol. The quantitative estimate of drug-likeness (QED) is 0.865. The molecule has 0 bridgehead atoms. The first kappa shape index (κ1) is 16.7. The van der Waals surface area contributed by atoms with E-state index in [4.69, 9.17) is 9.15 Å². The summed E-state index contributed by atoms with van der Waals surface area (Å²) in [6, 6.07) is 3.74. The summed E-state index contributed by atoms with van der Waals surface area (Å²) >= 11 is 1.96. The molecule has 2 saturated heterocycles. The van der Waals surface area contributed by atoms with Crippen molar-refractivity contribution in [3.05, 3.63) is 24.2 Å². The number of nitrogens with one attached hydrogen (secondary N) is 1. The number of rotatable bonds is 6. The Kier molecular flexibility index (Phi) is 5.54. The third-order valence-corrected chi connectivity index (χ3v) is 6.11. The molecule has 0 aliphatic carbocycles. The fourth-order valence-corrected chi connectivity index (χ4v) is 4.44. The minimum Gasteiger partial charge on any atom is -0.467 e. The van der Waals surface area contributed by atoms with E-state index in [0.29, 0.717) is 13.1 Å². The molecule has 2 fully saturated rings. The Balaban J connectivity index is 1.57. The zero-order valence-corrected chi connectivity index (χ0v) is 14.6. The fourth-order valence-electron chi connectivity index (χ4n) is 3.19. The average Bonchev–Trinajstić information content (AvgIpc) is 3.27. The van der Waals surface area contributed by atoms with E-state index in [-0.39, 0.29) is 16.9 Å². The summed E-state index contributed by atoms with van der Waals surface area (Å²) in [4.78, 5) is 14.5. The maximum atomic E-state index is 12.7. The molecular formula is C17H26N2O3S. The highest BCUT2D eigenvalue weighted by atomic mass is 32.2. The third-order valence-electron chi connectivity index (χ3n) is 4.58. The van der Waals surface area contributed by atoms with Gasteiger partial charge in [0.05, 0.1) is 18.9 Å². The van der Waals surface area contributed by atoms with E-state index in [1.54, 1.807) is 6.26 Å². The Labute approximate surface area is 142 Å². The Bertz CT molecular complexity index is 494. The maximum absolute atomic E-state index is 12.7. The smallest absolute Gasteiger partial charge is 0.317 e. The summed E-state index contributed by atoms with van der Waals surface area (Å²) in [6.45, 7) is 4.87. The van der Waals surface area contributed by atoms with Gasteiger partial charge < -0.3 is 19.4 Å². The maximum Gasteiger partial charge on any atom is 0.317 e. The molecule has 0 spiro atoms. The van der Waals surface area contributed by atoms with Crippen LogP contribution in [0, 0.1) is 0 Å². The SMILES string of the molecule is C[C@@]1(CNC(=O)N(Cc2ccco2)C[C@H]2CCCO2)CCCS1. The topological polar surface area (TPSA) is 54.7 Å². The first-order valence-corrected chi connectivity index (χ1v) is 9.44. The molecule has 23 heavy (non-hydrogen) atoms. The monoisotopic (exact) mass is 338 g/mol. The van der Waals surface area contributed by atoms with Gasteiger partial charge in [0.25, 0.3) is 0 Å². The number of carbonyl (C=O) groups excluding carboxylic acids is 1. The molecule has 3 rings (SSSR count). The van der Waals surface area contributed by atoms with Crippen LogP contribution in [-0.2, 0) is 11.3 Å². The van der Waals surface area contributed by atoms with E-state index < -0.39 is 0 Å². The van der Waals surface area contributed by atoms with Crippen molar-refractivity contribution in [2.24, 2.45) is 0 Å². The van der Waals surface area contributed by atoms with Crippen molar-refractivity contribution in [1.82, 2.24) is 10.2 Å². The molecule has 6 heteroatoms. The van der Waals surface area contributed by atoms with Crippen LogP contribution >= 0.6 is 11.8 Å². The molecule has 5 nitrogen and oxygen atoms in total. The van der Waals surface area contributed by atoms with E-state index in [2.05, 4.69) is 12.2 Å². The van der Waals surface area contributed by atoms with Gasteiger partial charge in [0.2, 0.25) is 0 Å². The van der Waals surface area contributed by atoms with Crippen LogP contribution in [0.3, 0.4) is 0 Å². The largest absolute Gasteiger partial charge is 0.467 e. The van der Waals surface area contributed by atoms with Gasteiger partial charge in [-0.1, -0.05) is 0 Å². The molecule has 1 N–H and O–H groups in total. The average molecular weight is 338 g/mol. The second-order valence-electron chi connectivity index (χ2n) is 6.66. The number of urea groups is 1. The number of thioether (sulfide) groups is 1. The first-order valence-electron chi connectivity index (χ1n) is 8.45. The van der Waals surface area contributed by atoms with Crippen LogP contribution in [0.2, 0.25) is 0 Å². The van der Waals surface area contributed by atoms with Gasteiger partial charge in [0.15, 0.2) is 0 Å². The van der Waals surface area contributed by atoms with Gasteiger partial charge in [0, 0.05) is 24.4 Å². The summed E-state index contributed by atoms with van der Waals surface area (Å²) in [5.41, 5.74) is 0. The third kappa shape index (κ3) is 4.67. The normalized spacial score (nSPS) is 27.3. The highest BCUT2D eigenvalue weighted by Crippen LogP contribution is 2.37. The lowest BCUT2D eigenvalue weighted by atomic mass is 10.1. The lowest BCUT2D eigenvalue weighted by Gasteiger charge is -2.28. The minimum absolute atomic E-state index is 0.0226. The van der Waals surface area contributed by atoms with E-state index >= 15 is 0 Å². The molecule has 2 aliphatic heterocycles. The Morgan fingerprint density at radius 3 is 3.09 bits per heavy atom. The molecule has 1 aromatic rings. The molecule has 2 atom stereocenters. The van der Waals surface area contributed by atoms with E-state index in [0.717, 1.165) is 31.8 Å². The Hall–Kier alpha value is -1.14. The fraction of sp³-hybridized carbons (Fsp3) is 0.706. The van der Waals surface area contributed by atoms with Crippen molar-refractivity contribution in [1.29, 1.82) is 0 Å². The van der Waals surface area contributed by atoms with Crippen molar-refractivity contribution >= 4 is 17.8 Å². The van der Waals surface area contributed by atoms with Crippen molar-refractivity contribution in [2.75, 3.05) is 25.4 Å². The summed E-state index contributed by atoms with van der Waals surface area (Å²) < 4.78 is 11.3. The number of nitrogens with zero attached hydrogens (tertiary/aromatic N) is 1. The van der Waals surface area contributed by atoms with Crippen molar-refractivity contribution in [3.8, 4) is 0 Å². The van der Waals surface area contributed by atoms with Gasteiger partial charge in [0.1, 0.15) is 5.76 Å². The lowest BCUT2D eigenvalue weighted by Crippen LogP contribution is -2.46. The zero-order valence-electron chi connectivity index (χ0n) is 13.8. The number of carbonyl (C=O) groups is 1. The van der Waals surface area contributed by atoms with Gasteiger partial charge in [-0.2, -0.15) is 11.8 Å². The van der Waals surface area contributed by atoms with Crippen LogP contribution in [-0.4, -0.2) is 47.2 Å². The second-order valence-corrected chi connectivity index (χ2v) is 8.34. The molecule has 0 saturated carbocycles. The molecule has 0 aromatic carbocycles. The van der Waals surface area contributed by atoms with Crippen LogP contribution in [0.5, 0.6) is 0 Å².